The van der Waals surface area contributed by atoms with E-state index in [9.17, 15) is 13.2 Å². The summed E-state index contributed by atoms with van der Waals surface area (Å²) < 4.78 is 26.5. The third-order valence-electron chi connectivity index (χ3n) is 4.12. The van der Waals surface area contributed by atoms with Crippen molar-refractivity contribution >= 4 is 39.4 Å². The van der Waals surface area contributed by atoms with E-state index in [-0.39, 0.29) is 4.90 Å². The zero-order chi connectivity index (χ0) is 20.9. The maximum Gasteiger partial charge on any atom is 0.271 e. The Balaban J connectivity index is 1.68. The number of sulfonamides is 1. The van der Waals surface area contributed by atoms with Gasteiger partial charge in [-0.3, -0.25) is 9.10 Å². The lowest BCUT2D eigenvalue weighted by Crippen LogP contribution is -2.26. The van der Waals surface area contributed by atoms with E-state index < -0.39 is 15.9 Å². The van der Waals surface area contributed by atoms with Gasteiger partial charge in [-0.15, -0.1) is 0 Å². The average molecular weight is 428 g/mol. The Hall–Kier alpha value is -3.16. The van der Waals surface area contributed by atoms with E-state index in [0.717, 1.165) is 5.56 Å². The van der Waals surface area contributed by atoms with Crippen LogP contribution in [0.5, 0.6) is 0 Å². The van der Waals surface area contributed by atoms with Gasteiger partial charge in [0.1, 0.15) is 0 Å². The summed E-state index contributed by atoms with van der Waals surface area (Å²) in [6, 6.07) is 21.4. The van der Waals surface area contributed by atoms with Crippen molar-refractivity contribution in [2.24, 2.45) is 5.10 Å². The molecule has 0 aliphatic carbocycles. The Morgan fingerprint density at radius 3 is 2.34 bits per heavy atom. The summed E-state index contributed by atoms with van der Waals surface area (Å²) in [7, 11) is -2.21. The molecule has 3 aromatic rings. The van der Waals surface area contributed by atoms with Crippen molar-refractivity contribution in [3.63, 3.8) is 0 Å². The van der Waals surface area contributed by atoms with Crippen LogP contribution in [0, 0.1) is 0 Å². The normalized spacial score (nSPS) is 11.4. The van der Waals surface area contributed by atoms with Crippen molar-refractivity contribution < 1.29 is 13.2 Å². The van der Waals surface area contributed by atoms with Crippen LogP contribution in [0.4, 0.5) is 5.69 Å². The molecule has 3 aromatic carbocycles. The average Bonchev–Trinajstić information content (AvgIpc) is 2.74. The minimum absolute atomic E-state index is 0.194. The third kappa shape index (κ3) is 5.01. The molecule has 0 unspecified atom stereocenters. The molecule has 0 saturated heterocycles. The monoisotopic (exact) mass is 427 g/mol. The number of hydrogen-bond acceptors (Lipinski definition) is 4. The summed E-state index contributed by atoms with van der Waals surface area (Å²) in [5.41, 5.74) is 3.97. The minimum atomic E-state index is -3.68. The molecule has 0 bridgehead atoms. The molecule has 148 valence electrons. The predicted molar refractivity (Wildman–Crippen MR) is 115 cm³/mol. The number of hydrazone groups is 1. The summed E-state index contributed by atoms with van der Waals surface area (Å²) in [5, 5.41) is 4.48. The molecule has 0 spiro atoms. The number of carbonyl (C=O) groups is 1. The number of hydrogen-bond donors (Lipinski definition) is 1. The molecule has 0 aliphatic heterocycles. The smallest absolute Gasteiger partial charge is 0.269 e. The van der Waals surface area contributed by atoms with Crippen LogP contribution in [-0.4, -0.2) is 27.6 Å². The van der Waals surface area contributed by atoms with Gasteiger partial charge in [-0.25, -0.2) is 13.8 Å². The predicted octanol–water partition coefficient (Wildman–Crippen LogP) is 3.93. The van der Waals surface area contributed by atoms with Gasteiger partial charge in [-0.05, 0) is 54.1 Å². The molecule has 0 radical (unpaired) electrons. The van der Waals surface area contributed by atoms with Crippen LogP contribution < -0.4 is 9.73 Å². The van der Waals surface area contributed by atoms with Crippen LogP contribution in [-0.2, 0) is 10.0 Å². The molecular weight excluding hydrogens is 410 g/mol. The fraction of sp³-hybridized carbons (Fsp3) is 0.0476. The minimum Gasteiger partial charge on any atom is -0.269 e. The van der Waals surface area contributed by atoms with Crippen LogP contribution in [0.15, 0.2) is 88.9 Å². The van der Waals surface area contributed by atoms with Crippen molar-refractivity contribution in [1.82, 2.24) is 5.43 Å². The fourth-order valence-corrected chi connectivity index (χ4v) is 3.94. The number of amides is 1. The molecule has 0 atom stereocenters. The summed E-state index contributed by atoms with van der Waals surface area (Å²) >= 11 is 5.90. The highest BCUT2D eigenvalue weighted by molar-refractivity contribution is 7.92. The van der Waals surface area contributed by atoms with Crippen LogP contribution in [0.25, 0.3) is 0 Å². The zero-order valence-corrected chi connectivity index (χ0v) is 17.1. The molecule has 0 fully saturated rings. The number of nitrogens with zero attached hydrogens (tertiary/aromatic N) is 2. The Morgan fingerprint density at radius 1 is 1.00 bits per heavy atom. The molecule has 29 heavy (non-hydrogen) atoms. The molecule has 0 saturated carbocycles. The first-order chi connectivity index (χ1) is 13.9. The number of carbonyl (C=O) groups excluding carboxylic acids is 1. The van der Waals surface area contributed by atoms with Gasteiger partial charge in [0, 0.05) is 17.6 Å². The highest BCUT2D eigenvalue weighted by Crippen LogP contribution is 2.22. The zero-order valence-electron chi connectivity index (χ0n) is 15.5. The second kappa shape index (κ2) is 8.89. The van der Waals surface area contributed by atoms with E-state index in [4.69, 9.17) is 11.6 Å². The van der Waals surface area contributed by atoms with E-state index in [0.29, 0.717) is 16.3 Å². The second-order valence-corrected chi connectivity index (χ2v) is 8.49. The molecule has 1 amide bonds. The standard InChI is InChI=1S/C21H18ClN3O3S/c1-25(29(27,28)20-8-3-2-4-9-20)19-12-10-17(11-13-19)21(26)24-23-15-16-6-5-7-18(22)14-16/h2-15H,1H3,(H,24,26). The fourth-order valence-electron chi connectivity index (χ4n) is 2.53. The molecule has 8 heteroatoms. The molecule has 3 rings (SSSR count). The molecule has 1 N–H and O–H groups in total. The molecule has 6 nitrogen and oxygen atoms in total. The van der Waals surface area contributed by atoms with E-state index >= 15 is 0 Å². The summed E-state index contributed by atoms with van der Waals surface area (Å²) in [6.07, 6.45) is 1.48. The Labute approximate surface area is 174 Å². The number of anilines is 1. The first kappa shape index (κ1) is 20.6. The lowest BCUT2D eigenvalue weighted by molar-refractivity contribution is 0.0955. The van der Waals surface area contributed by atoms with Gasteiger partial charge in [-0.1, -0.05) is 41.9 Å². The molecular formula is C21H18ClN3O3S. The van der Waals surface area contributed by atoms with Crippen molar-refractivity contribution in [2.75, 3.05) is 11.4 Å². The number of benzene rings is 3. The van der Waals surface area contributed by atoms with Gasteiger partial charge in [0.05, 0.1) is 16.8 Å². The highest BCUT2D eigenvalue weighted by Gasteiger charge is 2.21. The maximum atomic E-state index is 12.7. The van der Waals surface area contributed by atoms with E-state index in [1.807, 2.05) is 0 Å². The Morgan fingerprint density at radius 2 is 1.69 bits per heavy atom. The van der Waals surface area contributed by atoms with Gasteiger partial charge < -0.3 is 0 Å². The highest BCUT2D eigenvalue weighted by atomic mass is 35.5. The second-order valence-electron chi connectivity index (χ2n) is 6.09. The van der Waals surface area contributed by atoms with Crippen LogP contribution >= 0.6 is 11.6 Å². The first-order valence-electron chi connectivity index (χ1n) is 8.61. The maximum absolute atomic E-state index is 12.7. The third-order valence-corrected chi connectivity index (χ3v) is 6.16. The van der Waals surface area contributed by atoms with Crippen LogP contribution in [0.2, 0.25) is 5.02 Å². The van der Waals surface area contributed by atoms with Gasteiger partial charge in [0.25, 0.3) is 15.9 Å². The summed E-state index contributed by atoms with van der Waals surface area (Å²) in [4.78, 5) is 12.4. The van der Waals surface area contributed by atoms with Gasteiger partial charge in [0.2, 0.25) is 0 Å². The van der Waals surface area contributed by atoms with Gasteiger partial charge in [0.15, 0.2) is 0 Å². The van der Waals surface area contributed by atoms with Crippen molar-refractivity contribution in [1.29, 1.82) is 0 Å². The largest absolute Gasteiger partial charge is 0.271 e. The van der Waals surface area contributed by atoms with Crippen molar-refractivity contribution in [3.8, 4) is 0 Å². The lowest BCUT2D eigenvalue weighted by atomic mass is 10.2. The lowest BCUT2D eigenvalue weighted by Gasteiger charge is -2.19. The molecule has 0 aromatic heterocycles. The topological polar surface area (TPSA) is 78.8 Å². The Bertz CT molecular complexity index is 1130. The van der Waals surface area contributed by atoms with Crippen LogP contribution in [0.3, 0.4) is 0 Å². The van der Waals surface area contributed by atoms with Crippen molar-refractivity contribution in [2.45, 2.75) is 4.90 Å². The van der Waals surface area contributed by atoms with Gasteiger partial charge >= 0.3 is 0 Å². The van der Waals surface area contributed by atoms with Crippen molar-refractivity contribution in [3.05, 3.63) is 95.0 Å². The van der Waals surface area contributed by atoms with Crippen LogP contribution in [0.1, 0.15) is 15.9 Å². The van der Waals surface area contributed by atoms with E-state index in [1.54, 1.807) is 54.6 Å². The van der Waals surface area contributed by atoms with E-state index in [2.05, 4.69) is 10.5 Å². The number of halogens is 1. The quantitative estimate of drug-likeness (QED) is 0.478. The van der Waals surface area contributed by atoms with Gasteiger partial charge in [-0.2, -0.15) is 5.10 Å². The first-order valence-corrected chi connectivity index (χ1v) is 10.4. The number of nitrogens with one attached hydrogen (secondary N) is 1. The summed E-state index contributed by atoms with van der Waals surface area (Å²) in [6.45, 7) is 0. The molecule has 0 aliphatic rings. The summed E-state index contributed by atoms with van der Waals surface area (Å²) in [5.74, 6) is -0.414. The SMILES string of the molecule is CN(c1ccc(C(=O)NN=Cc2cccc(Cl)c2)cc1)S(=O)(=O)c1ccccc1. The molecule has 0 heterocycles. The Kier molecular flexibility index (Phi) is 6.31. The van der Waals surface area contributed by atoms with E-state index in [1.165, 1.54) is 41.8 Å². The number of rotatable bonds is 6.